The number of carbonyl (C=O) groups excluding carboxylic acids is 1. The first kappa shape index (κ1) is 21.5. The van der Waals surface area contributed by atoms with Crippen molar-refractivity contribution in [3.05, 3.63) is 75.8 Å². The second kappa shape index (κ2) is 10.1. The quantitative estimate of drug-likeness (QED) is 0.584. The number of amides is 1. The molecule has 2 aromatic rings. The van der Waals surface area contributed by atoms with Crippen molar-refractivity contribution in [2.75, 3.05) is 0 Å². The van der Waals surface area contributed by atoms with Crippen molar-refractivity contribution < 1.29 is 9.53 Å². The van der Waals surface area contributed by atoms with Gasteiger partial charge in [0.1, 0.15) is 12.4 Å². The van der Waals surface area contributed by atoms with Crippen molar-refractivity contribution in [2.24, 2.45) is 5.92 Å². The lowest BCUT2D eigenvalue weighted by Gasteiger charge is -2.24. The monoisotopic (exact) mass is 432 g/mol. The fourth-order valence-electron chi connectivity index (χ4n) is 4.32. The number of thioether (sulfide) groups is 1. The number of nitrogens with one attached hydrogen (secondary N) is 1. The highest BCUT2D eigenvalue weighted by molar-refractivity contribution is 8.04. The molecule has 4 rings (SSSR count). The van der Waals surface area contributed by atoms with Crippen LogP contribution in [0, 0.1) is 17.2 Å². The van der Waals surface area contributed by atoms with Gasteiger partial charge in [0.25, 0.3) is 5.91 Å². The molecule has 1 fully saturated rings. The van der Waals surface area contributed by atoms with Crippen molar-refractivity contribution in [3.63, 3.8) is 0 Å². The lowest BCUT2D eigenvalue weighted by Crippen LogP contribution is -2.21. The minimum absolute atomic E-state index is 0.159. The van der Waals surface area contributed by atoms with Crippen LogP contribution in [0.1, 0.15) is 60.5 Å². The highest BCUT2D eigenvalue weighted by atomic mass is 32.2. The Balaban J connectivity index is 1.34. The van der Waals surface area contributed by atoms with E-state index in [1.165, 1.54) is 18.4 Å². The minimum atomic E-state index is -0.159. The zero-order valence-corrected chi connectivity index (χ0v) is 18.7. The topological polar surface area (TPSA) is 62.1 Å². The Morgan fingerprint density at radius 3 is 2.52 bits per heavy atom. The zero-order chi connectivity index (χ0) is 21.6. The first-order chi connectivity index (χ1) is 15.2. The van der Waals surface area contributed by atoms with Gasteiger partial charge in [-0.05, 0) is 54.7 Å². The number of fused-ring (bicyclic) bond motifs is 1. The second-order valence-corrected chi connectivity index (χ2v) is 9.48. The van der Waals surface area contributed by atoms with E-state index in [1.54, 1.807) is 11.8 Å². The SMILES string of the molecule is CCCc1ccc(OCc2ccc(C(=O)NC3=C(C#N)[C@@H]4CCCC[C@@H]4S3)cc2)cc1. The Hall–Kier alpha value is -2.71. The van der Waals surface area contributed by atoms with E-state index in [1.807, 2.05) is 36.4 Å². The molecule has 1 N–H and O–H groups in total. The molecule has 1 aliphatic heterocycles. The third-order valence-corrected chi connectivity index (χ3v) is 7.44. The number of nitriles is 1. The average Bonchev–Trinajstić information content (AvgIpc) is 3.16. The molecule has 0 spiro atoms. The molecule has 0 aromatic heterocycles. The van der Waals surface area contributed by atoms with E-state index in [0.717, 1.165) is 47.6 Å². The van der Waals surface area contributed by atoms with Gasteiger partial charge in [-0.1, -0.05) is 50.5 Å². The van der Waals surface area contributed by atoms with E-state index in [-0.39, 0.29) is 5.91 Å². The van der Waals surface area contributed by atoms with Crippen LogP contribution in [0.4, 0.5) is 0 Å². The normalized spacial score (nSPS) is 20.1. The summed E-state index contributed by atoms with van der Waals surface area (Å²) in [5.41, 5.74) is 3.68. The molecule has 160 valence electrons. The molecule has 1 saturated carbocycles. The van der Waals surface area contributed by atoms with Crippen LogP contribution in [0.15, 0.2) is 59.1 Å². The maximum absolute atomic E-state index is 12.7. The lowest BCUT2D eigenvalue weighted by molar-refractivity contribution is 0.0968. The molecular formula is C26H28N2O2S. The number of carbonyl (C=O) groups is 1. The summed E-state index contributed by atoms with van der Waals surface area (Å²) in [4.78, 5) is 12.7. The number of hydrogen-bond acceptors (Lipinski definition) is 4. The number of allylic oxidation sites excluding steroid dienone is 1. The molecule has 5 heteroatoms. The summed E-state index contributed by atoms with van der Waals surface area (Å²) < 4.78 is 5.87. The molecule has 2 atom stereocenters. The first-order valence-corrected chi connectivity index (χ1v) is 12.0. The maximum Gasteiger partial charge on any atom is 0.256 e. The predicted octanol–water partition coefficient (Wildman–Crippen LogP) is 5.99. The minimum Gasteiger partial charge on any atom is -0.489 e. The second-order valence-electron chi connectivity index (χ2n) is 8.24. The molecule has 1 aliphatic carbocycles. The first-order valence-electron chi connectivity index (χ1n) is 11.1. The largest absolute Gasteiger partial charge is 0.489 e. The van der Waals surface area contributed by atoms with E-state index < -0.39 is 0 Å². The van der Waals surface area contributed by atoms with Crippen molar-refractivity contribution >= 4 is 17.7 Å². The number of ether oxygens (including phenoxy) is 1. The van der Waals surface area contributed by atoms with Crippen molar-refractivity contribution in [2.45, 2.75) is 57.3 Å². The molecule has 0 unspecified atom stereocenters. The summed E-state index contributed by atoms with van der Waals surface area (Å²) in [5, 5.41) is 13.8. The van der Waals surface area contributed by atoms with E-state index in [4.69, 9.17) is 4.74 Å². The Labute approximate surface area is 188 Å². The number of rotatable bonds is 7. The van der Waals surface area contributed by atoms with Gasteiger partial charge in [0.05, 0.1) is 16.7 Å². The Morgan fingerprint density at radius 1 is 1.10 bits per heavy atom. The molecular weight excluding hydrogens is 404 g/mol. The lowest BCUT2D eigenvalue weighted by atomic mass is 9.84. The number of aryl methyl sites for hydroxylation is 1. The van der Waals surface area contributed by atoms with E-state index >= 15 is 0 Å². The van der Waals surface area contributed by atoms with Crippen LogP contribution in [0.5, 0.6) is 5.75 Å². The number of hydrogen-bond donors (Lipinski definition) is 1. The van der Waals surface area contributed by atoms with Crippen LogP contribution in [-0.2, 0) is 13.0 Å². The van der Waals surface area contributed by atoms with Gasteiger partial charge in [-0.15, -0.1) is 11.8 Å². The van der Waals surface area contributed by atoms with Gasteiger partial charge in [-0.25, -0.2) is 0 Å². The molecule has 0 radical (unpaired) electrons. The van der Waals surface area contributed by atoms with Gasteiger partial charge in [0.2, 0.25) is 0 Å². The molecule has 0 saturated heterocycles. The van der Waals surface area contributed by atoms with Gasteiger partial charge in [0, 0.05) is 16.7 Å². The predicted molar refractivity (Wildman–Crippen MR) is 125 cm³/mol. The summed E-state index contributed by atoms with van der Waals surface area (Å²) in [6, 6.07) is 18.0. The summed E-state index contributed by atoms with van der Waals surface area (Å²) >= 11 is 1.67. The van der Waals surface area contributed by atoms with E-state index in [0.29, 0.717) is 23.3 Å². The number of benzene rings is 2. The van der Waals surface area contributed by atoms with Gasteiger partial charge >= 0.3 is 0 Å². The summed E-state index contributed by atoms with van der Waals surface area (Å²) in [7, 11) is 0. The maximum atomic E-state index is 12.7. The van der Waals surface area contributed by atoms with Crippen molar-refractivity contribution in [1.29, 1.82) is 5.26 Å². The highest BCUT2D eigenvalue weighted by Crippen LogP contribution is 2.47. The van der Waals surface area contributed by atoms with Gasteiger partial charge in [-0.2, -0.15) is 5.26 Å². The standard InChI is InChI=1S/C26H28N2O2S/c1-2-5-18-10-14-21(15-11-18)30-17-19-8-12-20(13-9-19)25(29)28-26-23(16-27)22-6-3-4-7-24(22)31-26/h8-15,22,24H,2-7,17H2,1H3,(H,28,29)/t22-,24-/m0/s1. The van der Waals surface area contributed by atoms with Crippen molar-refractivity contribution in [1.82, 2.24) is 5.32 Å². The van der Waals surface area contributed by atoms with Gasteiger partial charge in [-0.3, -0.25) is 4.79 Å². The van der Waals surface area contributed by atoms with E-state index in [9.17, 15) is 10.1 Å². The zero-order valence-electron chi connectivity index (χ0n) is 17.9. The third kappa shape index (κ3) is 5.14. The number of nitrogens with zero attached hydrogens (tertiary/aromatic N) is 1. The van der Waals surface area contributed by atoms with Crippen LogP contribution >= 0.6 is 11.8 Å². The molecule has 1 heterocycles. The fraction of sp³-hybridized carbons (Fsp3) is 0.385. The third-order valence-electron chi connectivity index (χ3n) is 6.02. The van der Waals surface area contributed by atoms with Crippen molar-refractivity contribution in [3.8, 4) is 11.8 Å². The van der Waals surface area contributed by atoms with Gasteiger partial charge < -0.3 is 10.1 Å². The smallest absolute Gasteiger partial charge is 0.256 e. The summed E-state index contributed by atoms with van der Waals surface area (Å²) in [6.07, 6.45) is 6.76. The molecule has 0 bridgehead atoms. The van der Waals surface area contributed by atoms with Crippen LogP contribution in [0.3, 0.4) is 0 Å². The molecule has 4 nitrogen and oxygen atoms in total. The summed E-state index contributed by atoms with van der Waals surface area (Å²) in [6.45, 7) is 2.63. The fourth-order valence-corrected chi connectivity index (χ4v) is 5.82. The molecule has 31 heavy (non-hydrogen) atoms. The summed E-state index contributed by atoms with van der Waals surface area (Å²) in [5.74, 6) is 0.986. The average molecular weight is 433 g/mol. The van der Waals surface area contributed by atoms with Crippen LogP contribution in [0.25, 0.3) is 0 Å². The highest BCUT2D eigenvalue weighted by Gasteiger charge is 2.38. The Kier molecular flexibility index (Phi) is 6.99. The van der Waals surface area contributed by atoms with Crippen LogP contribution in [-0.4, -0.2) is 11.2 Å². The van der Waals surface area contributed by atoms with Crippen LogP contribution in [0.2, 0.25) is 0 Å². The Morgan fingerprint density at radius 2 is 1.81 bits per heavy atom. The molecule has 2 aliphatic rings. The molecule has 1 amide bonds. The van der Waals surface area contributed by atoms with Crippen LogP contribution < -0.4 is 10.1 Å². The molecule has 2 aromatic carbocycles. The Bertz CT molecular complexity index is 990. The van der Waals surface area contributed by atoms with E-state index in [2.05, 4.69) is 30.4 Å². The van der Waals surface area contributed by atoms with Gasteiger partial charge in [0.15, 0.2) is 0 Å².